The molecule has 0 radical (unpaired) electrons. The Hall–Kier alpha value is -3.62. The first-order valence-corrected chi connectivity index (χ1v) is 11.7. The Morgan fingerprint density at radius 1 is 0.939 bits per heavy atom. The van der Waals surface area contributed by atoms with Crippen LogP contribution in [0.3, 0.4) is 0 Å². The molecular formula is C25H18FN5S2. The molecule has 5 aromatic rings. The topological polar surface area (TPSA) is 46.0 Å². The van der Waals surface area contributed by atoms with Gasteiger partial charge in [0.05, 0.1) is 27.6 Å². The van der Waals surface area contributed by atoms with Crippen molar-refractivity contribution >= 4 is 44.6 Å². The van der Waals surface area contributed by atoms with Crippen molar-refractivity contribution < 1.29 is 4.39 Å². The standard InChI is InChI=1S/C25H18FN5S2/c26-16-10-12-17(13-11-16)31-23(22(29-24(31)32)19-7-3-4-14-27-19)20-8-5-15-30(20)25-28-18-6-1-2-9-21(18)33-25/h1-15,22-23H,(H,29,32)/t22-,23-/m1/s1. The highest BCUT2D eigenvalue weighted by Crippen LogP contribution is 2.42. The molecule has 1 aliphatic heterocycles. The highest BCUT2D eigenvalue weighted by molar-refractivity contribution is 7.80. The summed E-state index contributed by atoms with van der Waals surface area (Å²) in [6.45, 7) is 0. The summed E-state index contributed by atoms with van der Waals surface area (Å²) in [5.74, 6) is -0.285. The van der Waals surface area contributed by atoms with E-state index in [4.69, 9.17) is 17.2 Å². The third kappa shape index (κ3) is 3.48. The fraction of sp³-hybridized carbons (Fsp3) is 0.0800. The molecule has 0 unspecified atom stereocenters. The maximum Gasteiger partial charge on any atom is 0.194 e. The van der Waals surface area contributed by atoms with Crippen molar-refractivity contribution in [3.63, 3.8) is 0 Å². The Kier molecular flexibility index (Phi) is 4.89. The Morgan fingerprint density at radius 3 is 2.55 bits per heavy atom. The van der Waals surface area contributed by atoms with Crippen molar-refractivity contribution in [2.45, 2.75) is 12.1 Å². The van der Waals surface area contributed by atoms with Crippen molar-refractivity contribution in [1.82, 2.24) is 19.9 Å². The number of halogens is 1. The van der Waals surface area contributed by atoms with Gasteiger partial charge in [0.2, 0.25) is 0 Å². The van der Waals surface area contributed by atoms with Gasteiger partial charge in [0.25, 0.3) is 0 Å². The zero-order chi connectivity index (χ0) is 22.4. The van der Waals surface area contributed by atoms with Gasteiger partial charge in [-0.05, 0) is 72.9 Å². The summed E-state index contributed by atoms with van der Waals surface area (Å²) in [5.41, 5.74) is 3.68. The average Bonchev–Trinajstić information content (AvgIpc) is 3.56. The smallest absolute Gasteiger partial charge is 0.194 e. The molecule has 2 atom stereocenters. The molecule has 1 N–H and O–H groups in total. The predicted molar refractivity (Wildman–Crippen MR) is 133 cm³/mol. The van der Waals surface area contributed by atoms with E-state index in [1.165, 1.54) is 12.1 Å². The van der Waals surface area contributed by atoms with Crippen LogP contribution >= 0.6 is 23.6 Å². The van der Waals surface area contributed by atoms with E-state index >= 15 is 0 Å². The minimum atomic E-state index is -0.285. The number of benzene rings is 2. The highest BCUT2D eigenvalue weighted by atomic mass is 32.1. The number of nitrogens with one attached hydrogen (secondary N) is 1. The molecule has 5 nitrogen and oxygen atoms in total. The third-order valence-corrected chi connectivity index (χ3v) is 7.13. The Balaban J connectivity index is 1.51. The van der Waals surface area contributed by atoms with E-state index in [1.54, 1.807) is 29.7 Å². The van der Waals surface area contributed by atoms with Gasteiger partial charge in [-0.3, -0.25) is 9.55 Å². The lowest BCUT2D eigenvalue weighted by atomic mass is 10.0. The zero-order valence-corrected chi connectivity index (χ0v) is 18.9. The molecule has 8 heteroatoms. The monoisotopic (exact) mass is 471 g/mol. The van der Waals surface area contributed by atoms with Gasteiger partial charge in [0.1, 0.15) is 11.9 Å². The van der Waals surface area contributed by atoms with Gasteiger partial charge in [0.15, 0.2) is 10.2 Å². The van der Waals surface area contributed by atoms with Crippen molar-refractivity contribution in [2.24, 2.45) is 0 Å². The van der Waals surface area contributed by atoms with Gasteiger partial charge in [-0.1, -0.05) is 29.5 Å². The molecule has 0 spiro atoms. The molecule has 33 heavy (non-hydrogen) atoms. The Bertz CT molecular complexity index is 1410. The number of thiocarbonyl (C=S) groups is 1. The molecule has 162 valence electrons. The van der Waals surface area contributed by atoms with Gasteiger partial charge in [0, 0.05) is 18.1 Å². The van der Waals surface area contributed by atoms with Crippen LogP contribution in [-0.4, -0.2) is 19.6 Å². The Labute approximate surface area is 199 Å². The summed E-state index contributed by atoms with van der Waals surface area (Å²) in [4.78, 5) is 11.5. The number of nitrogens with zero attached hydrogens (tertiary/aromatic N) is 4. The first-order chi connectivity index (χ1) is 16.2. The second-order valence-electron chi connectivity index (χ2n) is 7.74. The molecule has 1 fully saturated rings. The van der Waals surface area contributed by atoms with Gasteiger partial charge >= 0.3 is 0 Å². The summed E-state index contributed by atoms with van der Waals surface area (Å²) in [7, 11) is 0. The summed E-state index contributed by atoms with van der Waals surface area (Å²) in [6.07, 6.45) is 3.80. The van der Waals surface area contributed by atoms with E-state index in [2.05, 4.69) is 27.0 Å². The van der Waals surface area contributed by atoms with Crippen molar-refractivity contribution in [2.75, 3.05) is 4.90 Å². The maximum absolute atomic E-state index is 13.7. The maximum atomic E-state index is 13.7. The lowest BCUT2D eigenvalue weighted by molar-refractivity contribution is 0.549. The summed E-state index contributed by atoms with van der Waals surface area (Å²) in [5, 5.41) is 4.90. The minimum absolute atomic E-state index is 0.188. The van der Waals surface area contributed by atoms with E-state index < -0.39 is 0 Å². The fourth-order valence-electron chi connectivity index (χ4n) is 4.31. The quantitative estimate of drug-likeness (QED) is 0.336. The molecule has 1 saturated heterocycles. The second kappa shape index (κ2) is 8.06. The number of anilines is 1. The molecule has 0 bridgehead atoms. The highest BCUT2D eigenvalue weighted by Gasteiger charge is 2.42. The van der Waals surface area contributed by atoms with Gasteiger partial charge in [-0.15, -0.1) is 0 Å². The van der Waals surface area contributed by atoms with Gasteiger partial charge in [-0.25, -0.2) is 9.37 Å². The SMILES string of the molecule is Fc1ccc(N2C(=S)N[C@H](c3ccccn3)[C@H]2c2cccn2-c2nc3ccccc3s2)cc1. The first kappa shape index (κ1) is 20.0. The van der Waals surface area contributed by atoms with Crippen molar-refractivity contribution in [3.05, 3.63) is 108 Å². The lowest BCUT2D eigenvalue weighted by Gasteiger charge is -2.28. The second-order valence-corrected chi connectivity index (χ2v) is 9.14. The zero-order valence-electron chi connectivity index (χ0n) is 17.3. The van der Waals surface area contributed by atoms with E-state index in [9.17, 15) is 4.39 Å². The molecular weight excluding hydrogens is 453 g/mol. The van der Waals surface area contributed by atoms with Crippen LogP contribution in [0.5, 0.6) is 0 Å². The van der Waals surface area contributed by atoms with Crippen LogP contribution in [0.4, 0.5) is 10.1 Å². The van der Waals surface area contributed by atoms with Crippen LogP contribution in [0.2, 0.25) is 0 Å². The number of fused-ring (bicyclic) bond motifs is 1. The van der Waals surface area contributed by atoms with Crippen molar-refractivity contribution in [1.29, 1.82) is 0 Å². The van der Waals surface area contributed by atoms with Gasteiger partial charge < -0.3 is 10.2 Å². The van der Waals surface area contributed by atoms with Crippen LogP contribution in [-0.2, 0) is 0 Å². The molecule has 2 aromatic carbocycles. The van der Waals surface area contributed by atoms with E-state index in [0.29, 0.717) is 5.11 Å². The molecule has 3 aromatic heterocycles. The van der Waals surface area contributed by atoms with E-state index in [-0.39, 0.29) is 17.9 Å². The third-order valence-electron chi connectivity index (χ3n) is 5.77. The number of aromatic nitrogens is 3. The first-order valence-electron chi connectivity index (χ1n) is 10.5. The number of pyridine rings is 1. The van der Waals surface area contributed by atoms with Crippen molar-refractivity contribution in [3.8, 4) is 5.13 Å². The molecule has 0 saturated carbocycles. The lowest BCUT2D eigenvalue weighted by Crippen LogP contribution is -2.30. The molecule has 0 aliphatic carbocycles. The fourth-order valence-corrected chi connectivity index (χ4v) is 5.62. The van der Waals surface area contributed by atoms with Crippen LogP contribution in [0, 0.1) is 5.82 Å². The van der Waals surface area contributed by atoms with Crippen LogP contribution in [0.15, 0.2) is 91.3 Å². The molecule has 1 aliphatic rings. The van der Waals surface area contributed by atoms with Crippen LogP contribution in [0.25, 0.3) is 15.3 Å². The number of thiazole rings is 1. The summed E-state index contributed by atoms with van der Waals surface area (Å²) in [6, 6.07) is 24.1. The van der Waals surface area contributed by atoms with E-state index in [1.807, 2.05) is 53.6 Å². The number of hydrogen-bond acceptors (Lipinski definition) is 4. The van der Waals surface area contributed by atoms with E-state index in [0.717, 1.165) is 32.4 Å². The number of hydrogen-bond donors (Lipinski definition) is 1. The predicted octanol–water partition coefficient (Wildman–Crippen LogP) is 5.80. The summed E-state index contributed by atoms with van der Waals surface area (Å²) < 4.78 is 16.9. The van der Waals surface area contributed by atoms with Gasteiger partial charge in [-0.2, -0.15) is 0 Å². The summed E-state index contributed by atoms with van der Waals surface area (Å²) >= 11 is 7.41. The molecule has 0 amide bonds. The van der Waals surface area contributed by atoms with Crippen LogP contribution < -0.4 is 10.2 Å². The Morgan fingerprint density at radius 2 is 1.76 bits per heavy atom. The van der Waals surface area contributed by atoms with Crippen LogP contribution in [0.1, 0.15) is 23.5 Å². The largest absolute Gasteiger partial charge is 0.351 e. The number of rotatable bonds is 4. The molecule has 6 rings (SSSR count). The normalized spacial score (nSPS) is 18.1. The number of para-hydroxylation sites is 1. The molecule has 4 heterocycles. The average molecular weight is 472 g/mol. The minimum Gasteiger partial charge on any atom is -0.351 e.